The number of hydrogen-bond donors (Lipinski definition) is 1. The van der Waals surface area contributed by atoms with E-state index in [9.17, 15) is 4.79 Å². The van der Waals surface area contributed by atoms with E-state index in [0.29, 0.717) is 18.9 Å². The van der Waals surface area contributed by atoms with Gasteiger partial charge in [0.05, 0.1) is 11.7 Å². The zero-order valence-electron chi connectivity index (χ0n) is 19.1. The van der Waals surface area contributed by atoms with Crippen molar-refractivity contribution in [2.75, 3.05) is 18.4 Å². The van der Waals surface area contributed by atoms with Gasteiger partial charge in [0.15, 0.2) is 0 Å². The Balaban J connectivity index is 1.34. The lowest BCUT2D eigenvalue weighted by atomic mass is 10.0. The van der Waals surface area contributed by atoms with Crippen LogP contribution in [0.15, 0.2) is 48.7 Å². The van der Waals surface area contributed by atoms with Gasteiger partial charge in [0.2, 0.25) is 11.9 Å². The summed E-state index contributed by atoms with van der Waals surface area (Å²) in [6, 6.07) is 14.8. The molecule has 1 aliphatic heterocycles. The van der Waals surface area contributed by atoms with E-state index >= 15 is 0 Å². The fraction of sp³-hybridized carbons (Fsp3) is 0.385. The molecule has 1 fully saturated rings. The molecule has 3 aromatic rings. The summed E-state index contributed by atoms with van der Waals surface area (Å²) in [5, 5.41) is 3.18. The van der Waals surface area contributed by atoms with Crippen LogP contribution in [0.3, 0.4) is 0 Å². The Hall–Kier alpha value is -3.28. The van der Waals surface area contributed by atoms with Crippen molar-refractivity contribution in [3.8, 4) is 0 Å². The molecule has 1 unspecified atom stereocenters. The highest BCUT2D eigenvalue weighted by atomic mass is 16.2. The molecule has 1 aliphatic rings. The fourth-order valence-electron chi connectivity index (χ4n) is 4.28. The van der Waals surface area contributed by atoms with Crippen molar-refractivity contribution in [2.45, 2.75) is 52.5 Å². The molecule has 0 spiro atoms. The third kappa shape index (κ3) is 5.49. The molecule has 1 atom stereocenters. The fourth-order valence-corrected chi connectivity index (χ4v) is 4.28. The molecule has 32 heavy (non-hydrogen) atoms. The van der Waals surface area contributed by atoms with Crippen LogP contribution in [0.5, 0.6) is 0 Å². The molecule has 6 nitrogen and oxygen atoms in total. The molecule has 0 bridgehead atoms. The summed E-state index contributed by atoms with van der Waals surface area (Å²) < 4.78 is 0. The van der Waals surface area contributed by atoms with Gasteiger partial charge in [-0.15, -0.1) is 0 Å². The van der Waals surface area contributed by atoms with Gasteiger partial charge in [-0.05, 0) is 63.3 Å². The first-order valence-corrected chi connectivity index (χ1v) is 11.3. The van der Waals surface area contributed by atoms with E-state index in [0.717, 1.165) is 42.9 Å². The average molecular weight is 430 g/mol. The van der Waals surface area contributed by atoms with Gasteiger partial charge >= 0.3 is 0 Å². The summed E-state index contributed by atoms with van der Waals surface area (Å²) in [4.78, 5) is 28.4. The van der Waals surface area contributed by atoms with Gasteiger partial charge in [-0.3, -0.25) is 9.78 Å². The first-order chi connectivity index (χ1) is 15.5. The summed E-state index contributed by atoms with van der Waals surface area (Å²) in [6.07, 6.45) is 5.21. The van der Waals surface area contributed by atoms with E-state index in [4.69, 9.17) is 4.98 Å². The minimum absolute atomic E-state index is 0.0633. The quantitative estimate of drug-likeness (QED) is 0.596. The number of carbonyl (C=O) groups is 1. The molecule has 4 rings (SSSR count). The predicted octanol–water partition coefficient (Wildman–Crippen LogP) is 4.55. The van der Waals surface area contributed by atoms with Crippen LogP contribution in [-0.4, -0.2) is 38.8 Å². The number of anilines is 1. The Bertz CT molecular complexity index is 1040. The normalized spacial score (nSPS) is 15.7. The van der Waals surface area contributed by atoms with Crippen molar-refractivity contribution < 1.29 is 4.79 Å². The van der Waals surface area contributed by atoms with Crippen molar-refractivity contribution in [2.24, 2.45) is 0 Å². The van der Waals surface area contributed by atoms with Gasteiger partial charge in [0.1, 0.15) is 0 Å². The predicted molar refractivity (Wildman–Crippen MR) is 127 cm³/mol. The zero-order valence-corrected chi connectivity index (χ0v) is 19.1. The Morgan fingerprint density at radius 2 is 1.75 bits per heavy atom. The molecule has 1 saturated heterocycles. The minimum Gasteiger partial charge on any atom is -0.354 e. The number of aromatic nitrogens is 3. The topological polar surface area (TPSA) is 71.0 Å². The van der Waals surface area contributed by atoms with Crippen LogP contribution in [0.2, 0.25) is 0 Å². The molecular formula is C26H31N5O. The van der Waals surface area contributed by atoms with Gasteiger partial charge in [-0.2, -0.15) is 0 Å². The van der Waals surface area contributed by atoms with Crippen molar-refractivity contribution >= 4 is 11.9 Å². The van der Waals surface area contributed by atoms with Crippen molar-refractivity contribution in [1.29, 1.82) is 0 Å². The molecule has 0 aliphatic carbocycles. The molecule has 6 heteroatoms. The van der Waals surface area contributed by atoms with E-state index in [1.807, 2.05) is 31.0 Å². The van der Waals surface area contributed by atoms with Gasteiger partial charge in [0, 0.05) is 37.1 Å². The number of aryl methyl sites for hydroxylation is 3. The van der Waals surface area contributed by atoms with E-state index in [-0.39, 0.29) is 11.9 Å². The van der Waals surface area contributed by atoms with E-state index in [1.54, 1.807) is 0 Å². The number of carbonyl (C=O) groups excluding carboxylic acids is 1. The molecule has 2 aromatic heterocycles. The van der Waals surface area contributed by atoms with Crippen LogP contribution < -0.4 is 5.32 Å². The summed E-state index contributed by atoms with van der Waals surface area (Å²) in [7, 11) is 0. The average Bonchev–Trinajstić information content (AvgIpc) is 3.25. The molecule has 3 heterocycles. The standard InChI is InChI=1S/C26H31N5O/c1-18-6-8-21(9-7-18)16-22-10-11-23(28-17-22)24-5-4-14-31(24)25(32)12-13-27-26-29-19(2)15-20(3)30-26/h6-11,15,17,24H,4-5,12-14,16H2,1-3H3,(H,27,29,30). The highest BCUT2D eigenvalue weighted by Gasteiger charge is 2.30. The van der Waals surface area contributed by atoms with Gasteiger partial charge < -0.3 is 10.2 Å². The number of benzene rings is 1. The Morgan fingerprint density at radius 1 is 1.03 bits per heavy atom. The Kier molecular flexibility index (Phi) is 6.78. The maximum absolute atomic E-state index is 12.9. The number of nitrogens with zero attached hydrogens (tertiary/aromatic N) is 4. The zero-order chi connectivity index (χ0) is 22.5. The number of hydrogen-bond acceptors (Lipinski definition) is 5. The first-order valence-electron chi connectivity index (χ1n) is 11.3. The summed E-state index contributed by atoms with van der Waals surface area (Å²) in [5.41, 5.74) is 6.55. The van der Waals surface area contributed by atoms with Gasteiger partial charge in [-0.25, -0.2) is 9.97 Å². The second kappa shape index (κ2) is 9.90. The maximum atomic E-state index is 12.9. The molecular weight excluding hydrogens is 398 g/mol. The van der Waals surface area contributed by atoms with Crippen molar-refractivity contribution in [3.63, 3.8) is 0 Å². The van der Waals surface area contributed by atoms with Crippen LogP contribution >= 0.6 is 0 Å². The van der Waals surface area contributed by atoms with Crippen LogP contribution in [0.25, 0.3) is 0 Å². The molecule has 1 aromatic carbocycles. The third-order valence-corrected chi connectivity index (χ3v) is 5.90. The van der Waals surface area contributed by atoms with E-state index in [2.05, 4.69) is 58.6 Å². The van der Waals surface area contributed by atoms with E-state index in [1.165, 1.54) is 16.7 Å². The number of nitrogens with one attached hydrogen (secondary N) is 1. The number of likely N-dealkylation sites (tertiary alicyclic amines) is 1. The second-order valence-electron chi connectivity index (χ2n) is 8.65. The summed E-state index contributed by atoms with van der Waals surface area (Å²) in [5.74, 6) is 0.731. The van der Waals surface area contributed by atoms with Crippen LogP contribution in [0.1, 0.15) is 59.1 Å². The summed E-state index contributed by atoms with van der Waals surface area (Å²) >= 11 is 0. The lowest BCUT2D eigenvalue weighted by Gasteiger charge is -2.24. The smallest absolute Gasteiger partial charge is 0.224 e. The molecule has 0 saturated carbocycles. The first kappa shape index (κ1) is 21.9. The van der Waals surface area contributed by atoms with Crippen LogP contribution in [-0.2, 0) is 11.2 Å². The Labute approximate surface area is 190 Å². The highest BCUT2D eigenvalue weighted by Crippen LogP contribution is 2.31. The lowest BCUT2D eigenvalue weighted by Crippen LogP contribution is -2.32. The number of rotatable bonds is 7. The van der Waals surface area contributed by atoms with Gasteiger partial charge in [0.25, 0.3) is 0 Å². The number of pyridine rings is 1. The van der Waals surface area contributed by atoms with Gasteiger partial charge in [-0.1, -0.05) is 35.9 Å². The second-order valence-corrected chi connectivity index (χ2v) is 8.65. The van der Waals surface area contributed by atoms with Crippen LogP contribution in [0, 0.1) is 20.8 Å². The molecule has 1 amide bonds. The monoisotopic (exact) mass is 429 g/mol. The van der Waals surface area contributed by atoms with Crippen molar-refractivity contribution in [3.05, 3.63) is 82.4 Å². The lowest BCUT2D eigenvalue weighted by molar-refractivity contribution is -0.131. The van der Waals surface area contributed by atoms with E-state index < -0.39 is 0 Å². The largest absolute Gasteiger partial charge is 0.354 e. The minimum atomic E-state index is 0.0633. The third-order valence-electron chi connectivity index (χ3n) is 5.90. The molecule has 166 valence electrons. The molecule has 0 radical (unpaired) electrons. The Morgan fingerprint density at radius 3 is 2.44 bits per heavy atom. The van der Waals surface area contributed by atoms with Crippen LogP contribution in [0.4, 0.5) is 5.95 Å². The SMILES string of the molecule is Cc1ccc(Cc2ccc(C3CCCN3C(=O)CCNc3nc(C)cc(C)n3)nc2)cc1. The highest BCUT2D eigenvalue weighted by molar-refractivity contribution is 5.77. The summed E-state index contributed by atoms with van der Waals surface area (Å²) in [6.45, 7) is 7.30. The maximum Gasteiger partial charge on any atom is 0.224 e. The number of amides is 1. The van der Waals surface area contributed by atoms with Crippen molar-refractivity contribution in [1.82, 2.24) is 19.9 Å². The molecule has 1 N–H and O–H groups in total.